The van der Waals surface area contributed by atoms with E-state index in [9.17, 15) is 0 Å². The molecule has 1 saturated carbocycles. The van der Waals surface area contributed by atoms with Gasteiger partial charge in [-0.05, 0) is 37.0 Å². The number of hydrogen-bond acceptors (Lipinski definition) is 3. The summed E-state index contributed by atoms with van der Waals surface area (Å²) in [5.41, 5.74) is 1.29. The lowest BCUT2D eigenvalue weighted by Crippen LogP contribution is -2.15. The molecule has 0 spiro atoms. The van der Waals surface area contributed by atoms with Crippen LogP contribution in [0.25, 0.3) is 5.82 Å². The van der Waals surface area contributed by atoms with Crippen molar-refractivity contribution < 1.29 is 0 Å². The van der Waals surface area contributed by atoms with Gasteiger partial charge in [0.15, 0.2) is 0 Å². The number of nitrogens with zero attached hydrogens (tertiary/aromatic N) is 3. The molecule has 4 nitrogen and oxygen atoms in total. The van der Waals surface area contributed by atoms with E-state index in [2.05, 4.69) is 38.9 Å². The van der Waals surface area contributed by atoms with Gasteiger partial charge in [0.25, 0.3) is 0 Å². The van der Waals surface area contributed by atoms with Gasteiger partial charge in [0.2, 0.25) is 0 Å². The minimum Gasteiger partial charge on any atom is -0.310 e. The van der Waals surface area contributed by atoms with Crippen molar-refractivity contribution in [2.24, 2.45) is 0 Å². The fourth-order valence-corrected chi connectivity index (χ4v) is 2.20. The van der Waals surface area contributed by atoms with Crippen LogP contribution in [0.1, 0.15) is 37.6 Å². The Kier molecular flexibility index (Phi) is 3.60. The number of aryl methyl sites for hydroxylation is 1. The Balaban J connectivity index is 1.78. The van der Waals surface area contributed by atoms with Crippen molar-refractivity contribution in [3.63, 3.8) is 0 Å². The molecule has 100 valence electrons. The zero-order valence-corrected chi connectivity index (χ0v) is 11.3. The van der Waals surface area contributed by atoms with E-state index in [4.69, 9.17) is 0 Å². The van der Waals surface area contributed by atoms with Crippen molar-refractivity contribution in [3.8, 4) is 5.82 Å². The second-order valence-electron chi connectivity index (χ2n) is 5.14. The molecular weight excluding hydrogens is 236 g/mol. The number of hydrogen-bond donors (Lipinski definition) is 1. The summed E-state index contributed by atoms with van der Waals surface area (Å²) in [4.78, 5) is 8.87. The molecular formula is C15H20N4. The van der Waals surface area contributed by atoms with E-state index in [1.54, 1.807) is 0 Å². The molecule has 0 bridgehead atoms. The van der Waals surface area contributed by atoms with Crippen molar-refractivity contribution in [2.75, 3.05) is 0 Å². The van der Waals surface area contributed by atoms with Crippen LogP contribution in [-0.4, -0.2) is 20.6 Å². The van der Waals surface area contributed by atoms with Crippen LogP contribution in [0, 0.1) is 0 Å². The molecule has 19 heavy (non-hydrogen) atoms. The lowest BCUT2D eigenvalue weighted by Gasteiger charge is -2.08. The third kappa shape index (κ3) is 3.01. The van der Waals surface area contributed by atoms with Crippen molar-refractivity contribution in [1.29, 1.82) is 0 Å². The number of pyridine rings is 1. The highest BCUT2D eigenvalue weighted by Gasteiger charge is 2.20. The third-order valence-electron chi connectivity index (χ3n) is 3.42. The van der Waals surface area contributed by atoms with E-state index in [1.165, 1.54) is 18.4 Å². The van der Waals surface area contributed by atoms with Gasteiger partial charge in [0.1, 0.15) is 11.6 Å². The van der Waals surface area contributed by atoms with Crippen LogP contribution in [0.4, 0.5) is 0 Å². The van der Waals surface area contributed by atoms with Gasteiger partial charge in [-0.1, -0.05) is 6.92 Å². The first-order valence-corrected chi connectivity index (χ1v) is 7.07. The van der Waals surface area contributed by atoms with Crippen LogP contribution < -0.4 is 5.32 Å². The van der Waals surface area contributed by atoms with E-state index >= 15 is 0 Å². The standard InChI is InChI=1S/C15H20N4/c1-2-3-14-17-8-9-19(14)15-10-12(6-7-16-15)11-18-13-4-5-13/h6-10,13,18H,2-5,11H2,1H3. The SMILES string of the molecule is CCCc1nccn1-c1cc(CNC2CC2)ccn1. The highest BCUT2D eigenvalue weighted by Crippen LogP contribution is 2.19. The zero-order valence-electron chi connectivity index (χ0n) is 11.3. The summed E-state index contributed by atoms with van der Waals surface area (Å²) in [6.07, 6.45) is 10.4. The molecule has 2 aromatic rings. The topological polar surface area (TPSA) is 42.7 Å². The van der Waals surface area contributed by atoms with Crippen LogP contribution in [0.3, 0.4) is 0 Å². The monoisotopic (exact) mass is 256 g/mol. The number of imidazole rings is 1. The number of aromatic nitrogens is 3. The molecule has 0 aromatic carbocycles. The van der Waals surface area contributed by atoms with Gasteiger partial charge < -0.3 is 5.32 Å². The molecule has 3 rings (SSSR count). The van der Waals surface area contributed by atoms with Gasteiger partial charge in [-0.3, -0.25) is 4.57 Å². The number of nitrogens with one attached hydrogen (secondary N) is 1. The lowest BCUT2D eigenvalue weighted by molar-refractivity contribution is 0.686. The Morgan fingerprint density at radius 1 is 1.32 bits per heavy atom. The van der Waals surface area contributed by atoms with Crippen LogP contribution in [0.2, 0.25) is 0 Å². The highest BCUT2D eigenvalue weighted by atomic mass is 15.1. The van der Waals surface area contributed by atoms with Crippen LogP contribution >= 0.6 is 0 Å². The maximum Gasteiger partial charge on any atom is 0.138 e. The summed E-state index contributed by atoms with van der Waals surface area (Å²) >= 11 is 0. The fourth-order valence-electron chi connectivity index (χ4n) is 2.20. The Bertz CT molecular complexity index is 543. The van der Waals surface area contributed by atoms with Gasteiger partial charge in [-0.15, -0.1) is 0 Å². The van der Waals surface area contributed by atoms with Crippen LogP contribution in [0.5, 0.6) is 0 Å². The maximum absolute atomic E-state index is 4.46. The predicted molar refractivity (Wildman–Crippen MR) is 75.2 cm³/mol. The molecule has 0 aliphatic heterocycles. The van der Waals surface area contributed by atoms with Gasteiger partial charge in [0.05, 0.1) is 0 Å². The van der Waals surface area contributed by atoms with E-state index in [1.807, 2.05) is 18.6 Å². The molecule has 2 aromatic heterocycles. The van der Waals surface area contributed by atoms with Crippen molar-refractivity contribution in [2.45, 2.75) is 45.2 Å². The molecule has 1 N–H and O–H groups in total. The summed E-state index contributed by atoms with van der Waals surface area (Å²) < 4.78 is 2.09. The third-order valence-corrected chi connectivity index (χ3v) is 3.42. The van der Waals surface area contributed by atoms with Gasteiger partial charge in [-0.2, -0.15) is 0 Å². The summed E-state index contributed by atoms with van der Waals surface area (Å²) in [5, 5.41) is 3.53. The zero-order chi connectivity index (χ0) is 13.1. The molecule has 4 heteroatoms. The van der Waals surface area contributed by atoms with Crippen molar-refractivity contribution in [3.05, 3.63) is 42.1 Å². The predicted octanol–water partition coefficient (Wildman–Crippen LogP) is 2.47. The molecule has 0 atom stereocenters. The first-order chi connectivity index (χ1) is 9.36. The largest absolute Gasteiger partial charge is 0.310 e. The number of rotatable bonds is 6. The smallest absolute Gasteiger partial charge is 0.138 e. The Hall–Kier alpha value is -1.68. The highest BCUT2D eigenvalue weighted by molar-refractivity contribution is 5.29. The molecule has 0 saturated heterocycles. The Labute approximate surface area is 113 Å². The van der Waals surface area contributed by atoms with Crippen molar-refractivity contribution in [1.82, 2.24) is 19.9 Å². The Morgan fingerprint density at radius 3 is 3.00 bits per heavy atom. The second kappa shape index (κ2) is 5.53. The molecule has 1 aliphatic carbocycles. The summed E-state index contributed by atoms with van der Waals surface area (Å²) in [6, 6.07) is 4.96. The molecule has 2 heterocycles. The van der Waals surface area contributed by atoms with Crippen molar-refractivity contribution >= 4 is 0 Å². The first kappa shape index (κ1) is 12.4. The minimum absolute atomic E-state index is 0.737. The first-order valence-electron chi connectivity index (χ1n) is 7.07. The summed E-state index contributed by atoms with van der Waals surface area (Å²) in [7, 11) is 0. The molecule has 0 amide bonds. The lowest BCUT2D eigenvalue weighted by atomic mass is 10.2. The van der Waals surface area contributed by atoms with E-state index in [0.717, 1.165) is 37.1 Å². The molecule has 1 aliphatic rings. The van der Waals surface area contributed by atoms with Gasteiger partial charge in [-0.25, -0.2) is 9.97 Å². The molecule has 0 unspecified atom stereocenters. The summed E-state index contributed by atoms with van der Waals surface area (Å²) in [5.74, 6) is 2.05. The molecule has 1 fully saturated rings. The van der Waals surface area contributed by atoms with Crippen LogP contribution in [-0.2, 0) is 13.0 Å². The maximum atomic E-state index is 4.46. The normalized spacial score (nSPS) is 14.8. The minimum atomic E-state index is 0.737. The quantitative estimate of drug-likeness (QED) is 0.863. The Morgan fingerprint density at radius 2 is 2.21 bits per heavy atom. The van der Waals surface area contributed by atoms with Gasteiger partial charge in [0, 0.05) is 37.6 Å². The van der Waals surface area contributed by atoms with E-state index in [0.29, 0.717) is 0 Å². The molecule has 0 radical (unpaired) electrons. The average molecular weight is 256 g/mol. The summed E-state index contributed by atoms with van der Waals surface area (Å²) in [6.45, 7) is 3.10. The fraction of sp³-hybridized carbons (Fsp3) is 0.467. The van der Waals surface area contributed by atoms with Gasteiger partial charge >= 0.3 is 0 Å². The van der Waals surface area contributed by atoms with E-state index < -0.39 is 0 Å². The van der Waals surface area contributed by atoms with E-state index in [-0.39, 0.29) is 0 Å². The second-order valence-corrected chi connectivity index (χ2v) is 5.14. The van der Waals surface area contributed by atoms with Crippen LogP contribution in [0.15, 0.2) is 30.7 Å². The average Bonchev–Trinajstić information content (AvgIpc) is 3.15.